The maximum Gasteiger partial charge on any atom is 0.242 e. The minimum Gasteiger partial charge on any atom is -0.311 e. The zero-order chi connectivity index (χ0) is 17.8. The highest BCUT2D eigenvalue weighted by atomic mass is 32.2. The van der Waals surface area contributed by atoms with E-state index in [1.165, 1.54) is 23.5 Å². The van der Waals surface area contributed by atoms with Gasteiger partial charge < -0.3 is 5.32 Å². The molecule has 1 amide bonds. The number of hydrogen-bond donors (Lipinski definition) is 2. The number of sulfonamides is 1. The van der Waals surface area contributed by atoms with Crippen LogP contribution < -0.4 is 10.0 Å². The molecule has 4 rings (SSSR count). The van der Waals surface area contributed by atoms with Crippen molar-refractivity contribution in [1.29, 1.82) is 0 Å². The van der Waals surface area contributed by atoms with Crippen molar-refractivity contribution in [3.05, 3.63) is 23.8 Å². The topological polar surface area (TPSA) is 100.0 Å². The lowest BCUT2D eigenvalue weighted by Gasteiger charge is -2.28. The number of thiocarbonyl (C=S) groups is 1. The van der Waals surface area contributed by atoms with Crippen molar-refractivity contribution in [3.63, 3.8) is 0 Å². The smallest absolute Gasteiger partial charge is 0.242 e. The molecule has 0 saturated carbocycles. The van der Waals surface area contributed by atoms with Gasteiger partial charge in [-0.15, -0.1) is 11.8 Å². The van der Waals surface area contributed by atoms with Crippen molar-refractivity contribution in [2.45, 2.75) is 38.1 Å². The van der Waals surface area contributed by atoms with E-state index >= 15 is 0 Å². The monoisotopic (exact) mass is 432 g/mol. The molecule has 0 bridgehead atoms. The van der Waals surface area contributed by atoms with Crippen molar-refractivity contribution in [3.8, 4) is 0 Å². The van der Waals surface area contributed by atoms with Crippen molar-refractivity contribution in [2.75, 3.05) is 0 Å². The molecule has 1 saturated heterocycles. The van der Waals surface area contributed by atoms with E-state index in [4.69, 9.17) is 12.2 Å². The van der Waals surface area contributed by atoms with Crippen LogP contribution in [0.15, 0.2) is 38.2 Å². The Morgan fingerprint density at radius 1 is 1.24 bits per heavy atom. The second-order valence-corrected chi connectivity index (χ2v) is 11.6. The Kier molecular flexibility index (Phi) is 4.61. The second-order valence-electron chi connectivity index (χ2n) is 5.50. The summed E-state index contributed by atoms with van der Waals surface area (Å²) in [4.78, 5) is 12.9. The maximum absolute atomic E-state index is 12.6. The third kappa shape index (κ3) is 3.35. The van der Waals surface area contributed by atoms with Gasteiger partial charge in [0.15, 0.2) is 0 Å². The summed E-state index contributed by atoms with van der Waals surface area (Å²) in [6.45, 7) is 1.96. The van der Waals surface area contributed by atoms with Gasteiger partial charge in [-0.1, -0.05) is 41.8 Å². The molecular formula is C13H12N4O3S5. The molecule has 12 heteroatoms. The predicted molar refractivity (Wildman–Crippen MR) is 103 cm³/mol. The van der Waals surface area contributed by atoms with Gasteiger partial charge in [0.2, 0.25) is 15.9 Å². The summed E-state index contributed by atoms with van der Waals surface area (Å²) in [7, 11) is -3.69. The predicted octanol–water partition coefficient (Wildman–Crippen LogP) is 2.46. The van der Waals surface area contributed by atoms with Crippen LogP contribution in [0.25, 0.3) is 0 Å². The van der Waals surface area contributed by atoms with Crippen LogP contribution in [0, 0.1) is 0 Å². The number of hydrogen-bond acceptors (Lipinski definition) is 9. The standard InChI is InChI=1S/C13H12N4O3S5/c1-5-15-16-11(22-5)6-2-3-8-7(4-6)23-12(17-25(8,19)20)9-10(18)14-13(21)24-9/h2-5,9,11-12,17H,1H3,(H,14,18,21). The van der Waals surface area contributed by atoms with Gasteiger partial charge in [-0.05, 0) is 24.6 Å². The van der Waals surface area contributed by atoms with Gasteiger partial charge in [-0.25, -0.2) is 8.42 Å². The van der Waals surface area contributed by atoms with E-state index in [0.29, 0.717) is 9.22 Å². The first-order valence-electron chi connectivity index (χ1n) is 7.23. The molecule has 1 aromatic carbocycles. The summed E-state index contributed by atoms with van der Waals surface area (Å²) in [6, 6.07) is 5.18. The van der Waals surface area contributed by atoms with Gasteiger partial charge in [0.1, 0.15) is 20.3 Å². The fourth-order valence-electron chi connectivity index (χ4n) is 2.60. The molecule has 3 aliphatic heterocycles. The van der Waals surface area contributed by atoms with Gasteiger partial charge in [-0.2, -0.15) is 15.0 Å². The summed E-state index contributed by atoms with van der Waals surface area (Å²) in [5, 5.41) is 9.63. The van der Waals surface area contributed by atoms with Crippen LogP contribution in [0.3, 0.4) is 0 Å². The number of benzene rings is 1. The number of carbonyl (C=O) groups excluding carboxylic acids is 1. The van der Waals surface area contributed by atoms with E-state index in [0.717, 1.165) is 5.56 Å². The Labute approximate surface area is 162 Å². The first kappa shape index (κ1) is 17.7. The molecule has 132 valence electrons. The van der Waals surface area contributed by atoms with Crippen LogP contribution in [0.5, 0.6) is 0 Å². The minimum absolute atomic E-state index is 0.0893. The summed E-state index contributed by atoms with van der Waals surface area (Å²) in [5.41, 5.74) is 0.902. The summed E-state index contributed by atoms with van der Waals surface area (Å²) in [5.74, 6) is -0.274. The molecule has 4 unspecified atom stereocenters. The van der Waals surface area contributed by atoms with Gasteiger partial charge in [0.25, 0.3) is 0 Å². The molecule has 0 radical (unpaired) electrons. The summed E-state index contributed by atoms with van der Waals surface area (Å²) >= 11 is 9.10. The average molecular weight is 433 g/mol. The molecule has 1 aromatic rings. The molecule has 25 heavy (non-hydrogen) atoms. The average Bonchev–Trinajstić information content (AvgIpc) is 3.11. The first-order chi connectivity index (χ1) is 11.8. The lowest BCUT2D eigenvalue weighted by molar-refractivity contribution is -0.118. The van der Waals surface area contributed by atoms with Crippen LogP contribution in [-0.2, 0) is 14.8 Å². The third-order valence-electron chi connectivity index (χ3n) is 3.72. The Hall–Kier alpha value is -0.660. The minimum atomic E-state index is -3.69. The van der Waals surface area contributed by atoms with Crippen molar-refractivity contribution < 1.29 is 13.2 Å². The van der Waals surface area contributed by atoms with E-state index in [2.05, 4.69) is 20.3 Å². The molecule has 0 aromatic heterocycles. The summed E-state index contributed by atoms with van der Waals surface area (Å²) in [6.07, 6.45) is 0. The van der Waals surface area contributed by atoms with Gasteiger partial charge >= 0.3 is 0 Å². The highest BCUT2D eigenvalue weighted by Crippen LogP contribution is 2.44. The number of fused-ring (bicyclic) bond motifs is 1. The Bertz CT molecular complexity index is 903. The van der Waals surface area contributed by atoms with E-state index in [1.54, 1.807) is 23.9 Å². The molecule has 2 N–H and O–H groups in total. The molecule has 7 nitrogen and oxygen atoms in total. The number of amides is 1. The van der Waals surface area contributed by atoms with Gasteiger partial charge in [0, 0.05) is 4.90 Å². The number of thioether (sulfide) groups is 3. The van der Waals surface area contributed by atoms with Crippen molar-refractivity contribution in [2.24, 2.45) is 10.2 Å². The van der Waals surface area contributed by atoms with Crippen molar-refractivity contribution >= 4 is 67.8 Å². The Morgan fingerprint density at radius 3 is 2.68 bits per heavy atom. The lowest BCUT2D eigenvalue weighted by atomic mass is 10.2. The SMILES string of the molecule is CC1N=NC(c2ccc3c(c2)SC(C2SC(=S)NC2=O)NS3(=O)=O)S1. The van der Waals surface area contributed by atoms with Crippen LogP contribution >= 0.6 is 47.5 Å². The molecule has 4 atom stereocenters. The number of nitrogens with one attached hydrogen (secondary N) is 2. The Balaban J connectivity index is 1.67. The zero-order valence-electron chi connectivity index (χ0n) is 12.7. The number of carbonyl (C=O) groups is 1. The number of rotatable bonds is 2. The number of azo groups is 1. The van der Waals surface area contributed by atoms with E-state index < -0.39 is 20.6 Å². The van der Waals surface area contributed by atoms with E-state index in [1.807, 2.05) is 13.0 Å². The molecular weight excluding hydrogens is 421 g/mol. The van der Waals surface area contributed by atoms with E-state index in [9.17, 15) is 13.2 Å². The third-order valence-corrected chi connectivity index (χ3v) is 9.47. The highest BCUT2D eigenvalue weighted by Gasteiger charge is 2.42. The summed E-state index contributed by atoms with van der Waals surface area (Å²) < 4.78 is 28.1. The quantitative estimate of drug-likeness (QED) is 0.693. The highest BCUT2D eigenvalue weighted by molar-refractivity contribution is 8.25. The first-order valence-corrected chi connectivity index (χ1v) is 11.8. The van der Waals surface area contributed by atoms with Crippen LogP contribution in [-0.4, -0.2) is 34.6 Å². The second kappa shape index (κ2) is 6.50. The molecule has 3 aliphatic rings. The van der Waals surface area contributed by atoms with Crippen molar-refractivity contribution in [1.82, 2.24) is 10.0 Å². The molecule has 0 spiro atoms. The van der Waals surface area contributed by atoms with Crippen LogP contribution in [0.1, 0.15) is 17.9 Å². The van der Waals surface area contributed by atoms with Crippen LogP contribution in [0.4, 0.5) is 0 Å². The lowest BCUT2D eigenvalue weighted by Crippen LogP contribution is -2.45. The maximum atomic E-state index is 12.6. The van der Waals surface area contributed by atoms with Gasteiger partial charge in [-0.3, -0.25) is 4.79 Å². The Morgan fingerprint density at radius 2 is 2.04 bits per heavy atom. The van der Waals surface area contributed by atoms with Gasteiger partial charge in [0.05, 0.1) is 10.3 Å². The number of nitrogens with zero attached hydrogens (tertiary/aromatic N) is 2. The molecule has 3 heterocycles. The fraction of sp³-hybridized carbons (Fsp3) is 0.385. The van der Waals surface area contributed by atoms with E-state index in [-0.39, 0.29) is 21.6 Å². The largest absolute Gasteiger partial charge is 0.311 e. The van der Waals surface area contributed by atoms with Crippen LogP contribution in [0.2, 0.25) is 0 Å². The molecule has 1 fully saturated rings. The normalized spacial score (nSPS) is 33.3. The fourth-order valence-corrected chi connectivity index (χ4v) is 8.17. The molecule has 0 aliphatic carbocycles. The zero-order valence-corrected chi connectivity index (χ0v) is 16.8.